The van der Waals surface area contributed by atoms with Crippen LogP contribution in [0.1, 0.15) is 15.9 Å². The predicted octanol–water partition coefficient (Wildman–Crippen LogP) is 2.27. The number of carbonyl (C=O) groups excluding carboxylic acids is 1. The first kappa shape index (κ1) is 16.5. The number of rotatable bonds is 4. The highest BCUT2D eigenvalue weighted by molar-refractivity contribution is 6.05. The molecule has 0 radical (unpaired) electrons. The number of hydrogen-bond acceptors (Lipinski definition) is 4. The second-order valence-corrected chi connectivity index (χ2v) is 6.32. The summed E-state index contributed by atoms with van der Waals surface area (Å²) in [6, 6.07) is 15.1. The Hall–Kier alpha value is -2.37. The van der Waals surface area contributed by atoms with Crippen molar-refractivity contribution in [2.45, 2.75) is 6.54 Å². The molecule has 1 aliphatic heterocycles. The van der Waals surface area contributed by atoms with Gasteiger partial charge in [-0.15, -0.1) is 0 Å². The minimum atomic E-state index is -0.131. The molecule has 2 aromatic carbocycles. The topological polar surface area (TPSA) is 61.6 Å². The van der Waals surface area contributed by atoms with Crippen molar-refractivity contribution in [3.8, 4) is 0 Å². The standard InChI is InChI=1S/C19H24N4O/c1-22-9-11-23(12-10-22)14-15-5-4-6-16(13-15)19(24)21-18-8-3-2-7-17(18)20/h2-8,13H,9-12,14,20H2,1H3,(H,21,24). The first-order chi connectivity index (χ1) is 11.6. The van der Waals surface area contributed by atoms with E-state index in [0.717, 1.165) is 38.3 Å². The zero-order valence-electron chi connectivity index (χ0n) is 14.0. The van der Waals surface area contributed by atoms with Crippen LogP contribution in [0, 0.1) is 0 Å². The van der Waals surface area contributed by atoms with E-state index in [1.54, 1.807) is 12.1 Å². The number of nitrogen functional groups attached to an aromatic ring is 1. The number of nitrogens with one attached hydrogen (secondary N) is 1. The van der Waals surface area contributed by atoms with E-state index in [1.165, 1.54) is 0 Å². The number of carbonyl (C=O) groups is 1. The molecule has 0 aliphatic carbocycles. The van der Waals surface area contributed by atoms with Crippen LogP contribution < -0.4 is 11.1 Å². The lowest BCUT2D eigenvalue weighted by atomic mass is 10.1. The maximum Gasteiger partial charge on any atom is 0.255 e. The number of nitrogens with zero attached hydrogens (tertiary/aromatic N) is 2. The number of benzene rings is 2. The largest absolute Gasteiger partial charge is 0.397 e. The van der Waals surface area contributed by atoms with Crippen LogP contribution >= 0.6 is 0 Å². The van der Waals surface area contributed by atoms with Gasteiger partial charge in [-0.2, -0.15) is 0 Å². The van der Waals surface area contributed by atoms with E-state index in [2.05, 4.69) is 28.2 Å². The third-order valence-corrected chi connectivity index (χ3v) is 4.40. The smallest absolute Gasteiger partial charge is 0.255 e. The fraction of sp³-hybridized carbons (Fsp3) is 0.316. The zero-order valence-corrected chi connectivity index (χ0v) is 14.0. The lowest BCUT2D eigenvalue weighted by Gasteiger charge is -2.32. The van der Waals surface area contributed by atoms with Crippen LogP contribution in [0.25, 0.3) is 0 Å². The summed E-state index contributed by atoms with van der Waals surface area (Å²) in [6.07, 6.45) is 0. The van der Waals surface area contributed by atoms with E-state index < -0.39 is 0 Å². The molecule has 0 saturated carbocycles. The Kier molecular flexibility index (Phi) is 5.13. The van der Waals surface area contributed by atoms with Gasteiger partial charge >= 0.3 is 0 Å². The monoisotopic (exact) mass is 324 g/mol. The molecule has 126 valence electrons. The van der Waals surface area contributed by atoms with Crippen molar-refractivity contribution in [3.63, 3.8) is 0 Å². The van der Waals surface area contributed by atoms with Crippen LogP contribution in [0.3, 0.4) is 0 Å². The average Bonchev–Trinajstić information content (AvgIpc) is 2.59. The highest BCUT2D eigenvalue weighted by Gasteiger charge is 2.15. The molecule has 0 spiro atoms. The van der Waals surface area contributed by atoms with Crippen molar-refractivity contribution in [2.75, 3.05) is 44.3 Å². The third-order valence-electron chi connectivity index (χ3n) is 4.40. The number of piperazine rings is 1. The van der Waals surface area contributed by atoms with Crippen molar-refractivity contribution < 1.29 is 4.79 Å². The minimum absolute atomic E-state index is 0.131. The maximum atomic E-state index is 12.5. The van der Waals surface area contributed by atoms with Gasteiger partial charge in [-0.1, -0.05) is 24.3 Å². The molecule has 3 rings (SSSR count). The number of nitrogens with two attached hydrogens (primary N) is 1. The molecule has 1 aliphatic rings. The Balaban J connectivity index is 1.66. The Morgan fingerprint density at radius 1 is 1.08 bits per heavy atom. The molecule has 1 amide bonds. The summed E-state index contributed by atoms with van der Waals surface area (Å²) in [5, 5.41) is 2.88. The molecular formula is C19H24N4O. The SMILES string of the molecule is CN1CCN(Cc2cccc(C(=O)Nc3ccccc3N)c2)CC1. The van der Waals surface area contributed by atoms with Gasteiger partial charge in [0.2, 0.25) is 0 Å². The van der Waals surface area contributed by atoms with Crippen molar-refractivity contribution in [2.24, 2.45) is 0 Å². The van der Waals surface area contributed by atoms with E-state index in [-0.39, 0.29) is 5.91 Å². The average molecular weight is 324 g/mol. The molecule has 0 unspecified atom stereocenters. The highest BCUT2D eigenvalue weighted by Crippen LogP contribution is 2.18. The van der Waals surface area contributed by atoms with Gasteiger partial charge in [0.1, 0.15) is 0 Å². The molecule has 2 aromatic rings. The van der Waals surface area contributed by atoms with Crippen LogP contribution in [-0.2, 0) is 6.54 Å². The third kappa shape index (κ3) is 4.13. The van der Waals surface area contributed by atoms with Crippen LogP contribution in [0.15, 0.2) is 48.5 Å². The van der Waals surface area contributed by atoms with Crippen LogP contribution in [0.4, 0.5) is 11.4 Å². The second kappa shape index (κ2) is 7.47. The molecule has 1 heterocycles. The van der Waals surface area contributed by atoms with Gasteiger partial charge in [-0.3, -0.25) is 9.69 Å². The van der Waals surface area contributed by atoms with Gasteiger partial charge in [-0.25, -0.2) is 0 Å². The number of para-hydroxylation sites is 2. The van der Waals surface area contributed by atoms with E-state index in [0.29, 0.717) is 16.9 Å². The Morgan fingerprint density at radius 3 is 2.58 bits per heavy atom. The van der Waals surface area contributed by atoms with E-state index >= 15 is 0 Å². The van der Waals surface area contributed by atoms with Gasteiger partial charge < -0.3 is 16.0 Å². The summed E-state index contributed by atoms with van der Waals surface area (Å²) in [5.41, 5.74) is 8.92. The predicted molar refractivity (Wildman–Crippen MR) is 98.0 cm³/mol. The highest BCUT2D eigenvalue weighted by atomic mass is 16.1. The van der Waals surface area contributed by atoms with Gasteiger partial charge in [-0.05, 0) is 36.9 Å². The van der Waals surface area contributed by atoms with Crippen LogP contribution in [0.2, 0.25) is 0 Å². The molecule has 0 bridgehead atoms. The molecular weight excluding hydrogens is 300 g/mol. The number of anilines is 2. The fourth-order valence-corrected chi connectivity index (χ4v) is 2.88. The summed E-state index contributed by atoms with van der Waals surface area (Å²) < 4.78 is 0. The van der Waals surface area contributed by atoms with Crippen LogP contribution in [-0.4, -0.2) is 48.9 Å². The Bertz CT molecular complexity index is 708. The van der Waals surface area contributed by atoms with Crippen LogP contribution in [0.5, 0.6) is 0 Å². The summed E-state index contributed by atoms with van der Waals surface area (Å²) >= 11 is 0. The lowest BCUT2D eigenvalue weighted by Crippen LogP contribution is -2.43. The van der Waals surface area contributed by atoms with Crippen molar-refractivity contribution in [1.82, 2.24) is 9.80 Å². The summed E-state index contributed by atoms with van der Waals surface area (Å²) in [4.78, 5) is 17.2. The van der Waals surface area contributed by atoms with E-state index in [1.807, 2.05) is 30.3 Å². The normalized spacial score (nSPS) is 16.0. The van der Waals surface area contributed by atoms with Gasteiger partial charge in [0, 0.05) is 38.3 Å². The molecule has 1 saturated heterocycles. The Morgan fingerprint density at radius 2 is 1.83 bits per heavy atom. The molecule has 1 fully saturated rings. The zero-order chi connectivity index (χ0) is 16.9. The van der Waals surface area contributed by atoms with Crippen molar-refractivity contribution >= 4 is 17.3 Å². The van der Waals surface area contributed by atoms with E-state index in [9.17, 15) is 4.79 Å². The minimum Gasteiger partial charge on any atom is -0.397 e. The number of hydrogen-bond donors (Lipinski definition) is 2. The molecule has 0 aromatic heterocycles. The Labute approximate surface area is 143 Å². The summed E-state index contributed by atoms with van der Waals surface area (Å²) in [6.45, 7) is 5.18. The first-order valence-electron chi connectivity index (χ1n) is 8.27. The summed E-state index contributed by atoms with van der Waals surface area (Å²) in [7, 11) is 2.15. The number of amides is 1. The van der Waals surface area contributed by atoms with E-state index in [4.69, 9.17) is 5.73 Å². The van der Waals surface area contributed by atoms with Gasteiger partial charge in [0.05, 0.1) is 11.4 Å². The molecule has 24 heavy (non-hydrogen) atoms. The van der Waals surface area contributed by atoms with Gasteiger partial charge in [0.15, 0.2) is 0 Å². The molecule has 3 N–H and O–H groups in total. The molecule has 0 atom stereocenters. The number of likely N-dealkylation sites (N-methyl/N-ethyl adjacent to an activating group) is 1. The second-order valence-electron chi connectivity index (χ2n) is 6.32. The fourth-order valence-electron chi connectivity index (χ4n) is 2.88. The van der Waals surface area contributed by atoms with Crippen molar-refractivity contribution in [3.05, 3.63) is 59.7 Å². The first-order valence-corrected chi connectivity index (χ1v) is 8.27. The molecule has 5 heteroatoms. The lowest BCUT2D eigenvalue weighted by molar-refractivity contribution is 0.102. The van der Waals surface area contributed by atoms with Gasteiger partial charge in [0.25, 0.3) is 5.91 Å². The molecule has 5 nitrogen and oxygen atoms in total. The quantitative estimate of drug-likeness (QED) is 0.847. The van der Waals surface area contributed by atoms with Crippen molar-refractivity contribution in [1.29, 1.82) is 0 Å². The summed E-state index contributed by atoms with van der Waals surface area (Å²) in [5.74, 6) is -0.131. The maximum absolute atomic E-state index is 12.5.